The number of benzene rings is 1. The molecule has 1 unspecified atom stereocenters. The number of aromatic nitrogens is 2. The number of phenols is 1. The van der Waals surface area contributed by atoms with E-state index in [2.05, 4.69) is 21.4 Å². The largest absolute Gasteiger partial charge is 0.507 e. The maximum Gasteiger partial charge on any atom is 0.188 e. The van der Waals surface area contributed by atoms with Crippen molar-refractivity contribution in [3.05, 3.63) is 59.9 Å². The molecule has 2 aromatic heterocycles. The van der Waals surface area contributed by atoms with Crippen LogP contribution in [0.25, 0.3) is 10.9 Å². The van der Waals surface area contributed by atoms with Crippen LogP contribution in [0.15, 0.2) is 48.8 Å². The van der Waals surface area contributed by atoms with E-state index in [1.165, 1.54) is 6.07 Å². The zero-order valence-corrected chi connectivity index (χ0v) is 12.4. The topological polar surface area (TPSA) is 75.1 Å². The average molecular weight is 305 g/mol. The molecule has 5 heteroatoms. The number of carbonyl (C=O) groups is 1. The number of pyridine rings is 2. The van der Waals surface area contributed by atoms with Crippen molar-refractivity contribution in [3.63, 3.8) is 0 Å². The van der Waals surface area contributed by atoms with Crippen molar-refractivity contribution in [2.75, 3.05) is 5.32 Å². The van der Waals surface area contributed by atoms with Gasteiger partial charge in [-0.1, -0.05) is 12.1 Å². The van der Waals surface area contributed by atoms with E-state index in [1.807, 2.05) is 6.07 Å². The smallest absolute Gasteiger partial charge is 0.188 e. The van der Waals surface area contributed by atoms with Crippen LogP contribution in [0.4, 0.5) is 5.82 Å². The molecule has 5 nitrogen and oxygen atoms in total. The van der Waals surface area contributed by atoms with Gasteiger partial charge in [0.2, 0.25) is 0 Å². The number of phenolic OH excluding ortho intramolecular Hbond substituents is 1. The van der Waals surface area contributed by atoms with Gasteiger partial charge in [-0.05, 0) is 42.7 Å². The maximum atomic E-state index is 12.6. The number of nitrogens with one attached hydrogen (secondary N) is 1. The highest BCUT2D eigenvalue weighted by molar-refractivity contribution is 6.04. The molecule has 0 aliphatic carbocycles. The Morgan fingerprint density at radius 2 is 2.13 bits per heavy atom. The fourth-order valence-electron chi connectivity index (χ4n) is 2.98. The van der Waals surface area contributed by atoms with Gasteiger partial charge < -0.3 is 10.4 Å². The van der Waals surface area contributed by atoms with Crippen molar-refractivity contribution < 1.29 is 9.90 Å². The first-order valence-corrected chi connectivity index (χ1v) is 7.55. The minimum absolute atomic E-state index is 0.0163. The summed E-state index contributed by atoms with van der Waals surface area (Å²) in [4.78, 5) is 21.3. The third-order valence-electron chi connectivity index (χ3n) is 4.19. The Labute approximate surface area is 133 Å². The predicted molar refractivity (Wildman–Crippen MR) is 87.7 cm³/mol. The molecule has 0 fully saturated rings. The van der Waals surface area contributed by atoms with E-state index in [0.717, 1.165) is 28.7 Å². The Balaban J connectivity index is 1.67. The highest BCUT2D eigenvalue weighted by Crippen LogP contribution is 2.29. The Hall–Kier alpha value is -2.95. The van der Waals surface area contributed by atoms with Crippen LogP contribution in [0, 0.1) is 0 Å². The van der Waals surface area contributed by atoms with Gasteiger partial charge in [-0.15, -0.1) is 0 Å². The number of hydrogen-bond donors (Lipinski definition) is 2. The molecule has 0 bridgehead atoms. The van der Waals surface area contributed by atoms with Gasteiger partial charge in [-0.3, -0.25) is 9.78 Å². The number of hydrogen-bond acceptors (Lipinski definition) is 5. The van der Waals surface area contributed by atoms with Crippen molar-refractivity contribution >= 4 is 22.5 Å². The first-order valence-electron chi connectivity index (χ1n) is 7.55. The summed E-state index contributed by atoms with van der Waals surface area (Å²) in [6, 6.07) is 10.2. The van der Waals surface area contributed by atoms with Gasteiger partial charge in [0.25, 0.3) is 0 Å². The number of carbonyl (C=O) groups excluding carboxylic acids is 1. The fraction of sp³-hybridized carbons (Fsp3) is 0.167. The van der Waals surface area contributed by atoms with E-state index < -0.39 is 0 Å². The standard InChI is InChI=1S/C18H15N3O2/c22-16-4-2-1-3-13(16)17(23)15-6-5-11-9-12-10-19-8-7-14(12)20-18(11)21-15/h1-4,7-10,15,22H,5-6H2,(H,20,21). The van der Waals surface area contributed by atoms with Crippen molar-refractivity contribution in [1.82, 2.24) is 9.97 Å². The number of para-hydroxylation sites is 1. The molecule has 0 saturated carbocycles. The summed E-state index contributed by atoms with van der Waals surface area (Å²) >= 11 is 0. The monoisotopic (exact) mass is 305 g/mol. The molecule has 1 aliphatic rings. The maximum absolute atomic E-state index is 12.6. The second-order valence-electron chi connectivity index (χ2n) is 5.68. The fourth-order valence-corrected chi connectivity index (χ4v) is 2.98. The van der Waals surface area contributed by atoms with E-state index in [-0.39, 0.29) is 17.6 Å². The Kier molecular flexibility index (Phi) is 3.19. The van der Waals surface area contributed by atoms with Crippen LogP contribution in [-0.4, -0.2) is 26.9 Å². The van der Waals surface area contributed by atoms with Crippen molar-refractivity contribution in [2.24, 2.45) is 0 Å². The summed E-state index contributed by atoms with van der Waals surface area (Å²) in [5.74, 6) is 0.650. The second kappa shape index (κ2) is 5.35. The van der Waals surface area contributed by atoms with E-state index in [9.17, 15) is 9.90 Å². The number of aryl methyl sites for hydroxylation is 1. The number of fused-ring (bicyclic) bond motifs is 2. The van der Waals surface area contributed by atoms with Gasteiger partial charge in [-0.25, -0.2) is 4.98 Å². The number of nitrogens with zero attached hydrogens (tertiary/aromatic N) is 2. The van der Waals surface area contributed by atoms with Crippen LogP contribution in [-0.2, 0) is 6.42 Å². The molecule has 0 saturated heterocycles. The molecule has 23 heavy (non-hydrogen) atoms. The lowest BCUT2D eigenvalue weighted by Crippen LogP contribution is -2.34. The Morgan fingerprint density at radius 3 is 3.00 bits per heavy atom. The van der Waals surface area contributed by atoms with Gasteiger partial charge in [0, 0.05) is 17.8 Å². The quantitative estimate of drug-likeness (QED) is 0.712. The van der Waals surface area contributed by atoms with Crippen LogP contribution in [0.1, 0.15) is 22.3 Å². The molecule has 1 aliphatic heterocycles. The zero-order valence-electron chi connectivity index (χ0n) is 12.4. The average Bonchev–Trinajstić information content (AvgIpc) is 2.59. The van der Waals surface area contributed by atoms with Crippen molar-refractivity contribution in [1.29, 1.82) is 0 Å². The number of ketones is 1. The lowest BCUT2D eigenvalue weighted by atomic mass is 9.93. The number of aromatic hydroxyl groups is 1. The van der Waals surface area contributed by atoms with Gasteiger partial charge in [0.05, 0.1) is 17.1 Å². The molecule has 1 atom stereocenters. The normalized spacial score (nSPS) is 16.6. The molecule has 114 valence electrons. The summed E-state index contributed by atoms with van der Waals surface area (Å²) in [6.07, 6.45) is 4.94. The van der Waals surface area contributed by atoms with Crippen molar-refractivity contribution in [3.8, 4) is 5.75 Å². The molecular weight excluding hydrogens is 290 g/mol. The predicted octanol–water partition coefficient (Wildman–Crippen LogP) is 2.95. The molecule has 3 heterocycles. The van der Waals surface area contributed by atoms with E-state index in [0.29, 0.717) is 12.0 Å². The third-order valence-corrected chi connectivity index (χ3v) is 4.19. The minimum Gasteiger partial charge on any atom is -0.507 e. The molecular formula is C18H15N3O2. The van der Waals surface area contributed by atoms with Crippen LogP contribution in [0.2, 0.25) is 0 Å². The Bertz CT molecular complexity index is 908. The lowest BCUT2D eigenvalue weighted by molar-refractivity contribution is 0.0961. The van der Waals surface area contributed by atoms with Crippen LogP contribution in [0.3, 0.4) is 0 Å². The molecule has 1 aromatic carbocycles. The van der Waals surface area contributed by atoms with Gasteiger partial charge in [0.1, 0.15) is 11.6 Å². The molecule has 4 rings (SSSR count). The van der Waals surface area contributed by atoms with Gasteiger partial charge in [-0.2, -0.15) is 0 Å². The lowest BCUT2D eigenvalue weighted by Gasteiger charge is -2.25. The molecule has 0 amide bonds. The van der Waals surface area contributed by atoms with Crippen LogP contribution >= 0.6 is 0 Å². The van der Waals surface area contributed by atoms with Gasteiger partial charge in [0.15, 0.2) is 5.78 Å². The third kappa shape index (κ3) is 2.40. The summed E-state index contributed by atoms with van der Waals surface area (Å²) in [5.41, 5.74) is 2.28. The zero-order chi connectivity index (χ0) is 15.8. The van der Waals surface area contributed by atoms with Crippen molar-refractivity contribution in [2.45, 2.75) is 18.9 Å². The first kappa shape index (κ1) is 13.7. The van der Waals surface area contributed by atoms with Crippen LogP contribution in [0.5, 0.6) is 5.75 Å². The summed E-state index contributed by atoms with van der Waals surface area (Å²) < 4.78 is 0. The molecule has 2 N–H and O–H groups in total. The van der Waals surface area contributed by atoms with Crippen LogP contribution < -0.4 is 5.32 Å². The summed E-state index contributed by atoms with van der Waals surface area (Å²) in [5, 5.41) is 14.1. The minimum atomic E-state index is -0.373. The molecule has 0 spiro atoms. The molecule has 0 radical (unpaired) electrons. The highest BCUT2D eigenvalue weighted by Gasteiger charge is 2.27. The number of Topliss-reactive ketones (excluding diaryl/α,β-unsaturated/α-hetero) is 1. The summed E-state index contributed by atoms with van der Waals surface area (Å²) in [7, 11) is 0. The highest BCUT2D eigenvalue weighted by atomic mass is 16.3. The van der Waals surface area contributed by atoms with Gasteiger partial charge >= 0.3 is 0 Å². The summed E-state index contributed by atoms with van der Waals surface area (Å²) in [6.45, 7) is 0. The van der Waals surface area contributed by atoms with E-state index in [4.69, 9.17) is 0 Å². The SMILES string of the molecule is O=C(c1ccccc1O)C1CCc2cc3cnccc3nc2N1. The first-order chi connectivity index (χ1) is 11.2. The van der Waals surface area contributed by atoms with E-state index >= 15 is 0 Å². The Morgan fingerprint density at radius 1 is 1.26 bits per heavy atom. The number of rotatable bonds is 2. The van der Waals surface area contributed by atoms with E-state index in [1.54, 1.807) is 30.6 Å². The number of anilines is 1. The molecule has 3 aromatic rings. The second-order valence-corrected chi connectivity index (χ2v) is 5.68.